The van der Waals surface area contributed by atoms with Crippen LogP contribution in [0.4, 0.5) is 0 Å². The van der Waals surface area contributed by atoms with E-state index in [1.165, 1.54) is 10.3 Å². The molecule has 3 N–H and O–H groups in total. The van der Waals surface area contributed by atoms with E-state index in [2.05, 4.69) is 33.4 Å². The third-order valence-corrected chi connectivity index (χ3v) is 5.47. The van der Waals surface area contributed by atoms with Crippen LogP contribution in [0.5, 0.6) is 0 Å². The molecule has 3 aromatic rings. The highest BCUT2D eigenvalue weighted by atomic mass is 35.5. The van der Waals surface area contributed by atoms with E-state index in [0.29, 0.717) is 19.6 Å². The Labute approximate surface area is 188 Å². The van der Waals surface area contributed by atoms with Gasteiger partial charge in [-0.15, -0.1) is 36.2 Å². The van der Waals surface area contributed by atoms with E-state index in [1.54, 1.807) is 11.3 Å². The number of nitrogens with two attached hydrogens (primary N) is 1. The third kappa shape index (κ3) is 8.28. The first-order valence-electron chi connectivity index (χ1n) is 9.32. The van der Waals surface area contributed by atoms with Gasteiger partial charge in [-0.25, -0.2) is 4.98 Å². The van der Waals surface area contributed by atoms with Gasteiger partial charge in [-0.3, -0.25) is 9.69 Å². The van der Waals surface area contributed by atoms with Crippen molar-refractivity contribution in [2.45, 2.75) is 12.8 Å². The van der Waals surface area contributed by atoms with Gasteiger partial charge in [0.05, 0.1) is 21.8 Å². The van der Waals surface area contributed by atoms with Crippen molar-refractivity contribution in [2.24, 2.45) is 5.73 Å². The number of nitrogens with one attached hydrogen (secondary N) is 1. The Kier molecular flexibility index (Phi) is 11.8. The largest absolute Gasteiger partial charge is 0.355 e. The number of fused-ring (bicyclic) bond motifs is 1. The Hall–Kier alpha value is -1.70. The number of halogens is 2. The molecule has 0 bridgehead atoms. The van der Waals surface area contributed by atoms with Crippen LogP contribution in [0.25, 0.3) is 10.2 Å². The van der Waals surface area contributed by atoms with Crippen LogP contribution in [-0.4, -0.2) is 48.5 Å². The van der Waals surface area contributed by atoms with E-state index in [0.717, 1.165) is 36.5 Å². The van der Waals surface area contributed by atoms with E-state index in [9.17, 15) is 4.79 Å². The fraction of sp³-hybridized carbons (Fsp3) is 0.333. The predicted molar refractivity (Wildman–Crippen MR) is 126 cm³/mol. The summed E-state index contributed by atoms with van der Waals surface area (Å²) in [7, 11) is 0. The van der Waals surface area contributed by atoms with Gasteiger partial charge in [0.25, 0.3) is 0 Å². The lowest BCUT2D eigenvalue weighted by atomic mass is 10.1. The van der Waals surface area contributed by atoms with E-state index in [-0.39, 0.29) is 30.7 Å². The van der Waals surface area contributed by atoms with Gasteiger partial charge in [0.1, 0.15) is 0 Å². The minimum Gasteiger partial charge on any atom is -0.355 e. The highest BCUT2D eigenvalue weighted by Gasteiger charge is 2.10. The van der Waals surface area contributed by atoms with Crippen LogP contribution >= 0.6 is 36.2 Å². The van der Waals surface area contributed by atoms with Crippen molar-refractivity contribution in [2.75, 3.05) is 32.7 Å². The van der Waals surface area contributed by atoms with E-state index >= 15 is 0 Å². The molecule has 8 heteroatoms. The first-order chi connectivity index (χ1) is 13.2. The molecule has 0 saturated carbocycles. The van der Waals surface area contributed by atoms with Crippen LogP contribution < -0.4 is 11.1 Å². The molecule has 0 aliphatic rings. The fourth-order valence-corrected chi connectivity index (χ4v) is 3.95. The van der Waals surface area contributed by atoms with E-state index in [1.807, 2.05) is 36.4 Å². The summed E-state index contributed by atoms with van der Waals surface area (Å²) in [6.07, 6.45) is 1.67. The van der Waals surface area contributed by atoms with Crippen molar-refractivity contribution in [3.8, 4) is 0 Å². The van der Waals surface area contributed by atoms with E-state index < -0.39 is 0 Å². The standard InChI is InChI=1S/C21H26N4OS.2ClH/c22-12-15-25(14-11-17-6-2-1-3-7-17)16-20(26)23-13-10-21-24-18-8-4-5-9-19(18)27-21;;/h1-9H,10-16,22H2,(H,23,26);2*1H. The number of rotatable bonds is 10. The maximum Gasteiger partial charge on any atom is 0.234 e. The highest BCUT2D eigenvalue weighted by molar-refractivity contribution is 7.18. The molecule has 0 atom stereocenters. The Balaban J connectivity index is 0.00000210. The number of carbonyl (C=O) groups is 1. The van der Waals surface area contributed by atoms with Crippen molar-refractivity contribution >= 4 is 52.3 Å². The Bertz CT molecular complexity index is 827. The summed E-state index contributed by atoms with van der Waals surface area (Å²) in [5, 5.41) is 4.06. The summed E-state index contributed by atoms with van der Waals surface area (Å²) >= 11 is 1.69. The average Bonchev–Trinajstić information content (AvgIpc) is 3.10. The summed E-state index contributed by atoms with van der Waals surface area (Å²) in [5.74, 6) is 0.0395. The molecule has 29 heavy (non-hydrogen) atoms. The second kappa shape index (κ2) is 13.5. The first-order valence-corrected chi connectivity index (χ1v) is 10.1. The van der Waals surface area contributed by atoms with Gasteiger partial charge in [-0.05, 0) is 24.1 Å². The first kappa shape index (κ1) is 25.3. The van der Waals surface area contributed by atoms with Crippen molar-refractivity contribution < 1.29 is 4.79 Å². The molecule has 0 fully saturated rings. The average molecular weight is 455 g/mol. The van der Waals surface area contributed by atoms with Gasteiger partial charge >= 0.3 is 0 Å². The molecule has 0 unspecified atom stereocenters. The SMILES string of the molecule is Cl.Cl.NCCN(CCc1ccccc1)CC(=O)NCCc1nc2ccccc2s1. The number of carbonyl (C=O) groups excluding carboxylic acids is 1. The molecule has 0 saturated heterocycles. The molecular formula is C21H28Cl2N4OS. The zero-order valence-electron chi connectivity index (χ0n) is 16.3. The Morgan fingerprint density at radius 1 is 1.00 bits per heavy atom. The van der Waals surface area contributed by atoms with Crippen molar-refractivity contribution in [3.05, 3.63) is 65.2 Å². The number of benzene rings is 2. The summed E-state index contributed by atoms with van der Waals surface area (Å²) in [4.78, 5) is 19.0. The minimum atomic E-state index is 0. The molecule has 1 amide bonds. The molecule has 5 nitrogen and oxygen atoms in total. The number of hydrogen-bond donors (Lipinski definition) is 2. The van der Waals surface area contributed by atoms with Gasteiger partial charge in [0.2, 0.25) is 5.91 Å². The number of aromatic nitrogens is 1. The monoisotopic (exact) mass is 454 g/mol. The van der Waals surface area contributed by atoms with Gasteiger partial charge in [-0.2, -0.15) is 0 Å². The second-order valence-electron chi connectivity index (χ2n) is 6.48. The quantitative estimate of drug-likeness (QED) is 0.492. The van der Waals surface area contributed by atoms with Gasteiger partial charge in [0, 0.05) is 32.6 Å². The van der Waals surface area contributed by atoms with Gasteiger partial charge in [0.15, 0.2) is 0 Å². The van der Waals surface area contributed by atoms with Crippen LogP contribution in [0, 0.1) is 0 Å². The number of amides is 1. The molecular weight excluding hydrogens is 427 g/mol. The number of para-hydroxylation sites is 1. The predicted octanol–water partition coefficient (Wildman–Crippen LogP) is 3.30. The third-order valence-electron chi connectivity index (χ3n) is 4.37. The molecule has 0 spiro atoms. The molecule has 0 aliphatic carbocycles. The Morgan fingerprint density at radius 3 is 2.45 bits per heavy atom. The zero-order valence-corrected chi connectivity index (χ0v) is 18.7. The van der Waals surface area contributed by atoms with Crippen molar-refractivity contribution in [1.29, 1.82) is 0 Å². The molecule has 0 aliphatic heterocycles. The lowest BCUT2D eigenvalue weighted by molar-refractivity contribution is -0.122. The molecule has 0 radical (unpaired) electrons. The fourth-order valence-electron chi connectivity index (χ4n) is 2.98. The minimum absolute atomic E-state index is 0. The van der Waals surface area contributed by atoms with Crippen LogP contribution in [0.2, 0.25) is 0 Å². The summed E-state index contributed by atoms with van der Waals surface area (Å²) < 4.78 is 1.19. The van der Waals surface area contributed by atoms with Gasteiger partial charge < -0.3 is 11.1 Å². The molecule has 3 rings (SSSR count). The van der Waals surface area contributed by atoms with Crippen LogP contribution in [0.15, 0.2) is 54.6 Å². The van der Waals surface area contributed by atoms with E-state index in [4.69, 9.17) is 5.73 Å². The number of nitrogens with zero attached hydrogens (tertiary/aromatic N) is 2. The van der Waals surface area contributed by atoms with Crippen LogP contribution in [0.1, 0.15) is 10.6 Å². The molecule has 1 aromatic heterocycles. The second-order valence-corrected chi connectivity index (χ2v) is 7.59. The maximum absolute atomic E-state index is 12.3. The summed E-state index contributed by atoms with van der Waals surface area (Å²) in [6.45, 7) is 3.08. The van der Waals surface area contributed by atoms with Crippen LogP contribution in [-0.2, 0) is 17.6 Å². The smallest absolute Gasteiger partial charge is 0.234 e. The maximum atomic E-state index is 12.3. The van der Waals surface area contributed by atoms with Crippen molar-refractivity contribution in [1.82, 2.24) is 15.2 Å². The number of thiazole rings is 1. The summed E-state index contributed by atoms with van der Waals surface area (Å²) in [5.41, 5.74) is 8.01. The Morgan fingerprint density at radius 2 is 1.72 bits per heavy atom. The summed E-state index contributed by atoms with van der Waals surface area (Å²) in [6, 6.07) is 18.4. The van der Waals surface area contributed by atoms with Gasteiger partial charge in [-0.1, -0.05) is 42.5 Å². The highest BCUT2D eigenvalue weighted by Crippen LogP contribution is 2.21. The lowest BCUT2D eigenvalue weighted by Gasteiger charge is -2.21. The number of hydrogen-bond acceptors (Lipinski definition) is 5. The lowest BCUT2D eigenvalue weighted by Crippen LogP contribution is -2.41. The molecule has 1 heterocycles. The topological polar surface area (TPSA) is 71.2 Å². The molecule has 2 aromatic carbocycles. The van der Waals surface area contributed by atoms with Crippen LogP contribution in [0.3, 0.4) is 0 Å². The normalized spacial score (nSPS) is 10.4. The zero-order chi connectivity index (χ0) is 18.9. The molecule has 158 valence electrons. The van der Waals surface area contributed by atoms with Crippen molar-refractivity contribution in [3.63, 3.8) is 0 Å².